The first-order chi connectivity index (χ1) is 9.60. The lowest BCUT2D eigenvalue weighted by Crippen LogP contribution is -2.03. The summed E-state index contributed by atoms with van der Waals surface area (Å²) in [6.45, 7) is 2.03. The second-order valence-electron chi connectivity index (χ2n) is 3.76. The number of aliphatic hydroxyl groups is 1. The van der Waals surface area contributed by atoms with Crippen LogP contribution >= 0.6 is 34.9 Å². The van der Waals surface area contributed by atoms with Gasteiger partial charge in [0.25, 0.3) is 0 Å². The topological polar surface area (TPSA) is 46.0 Å². The van der Waals surface area contributed by atoms with E-state index in [1.165, 1.54) is 29.2 Å². The van der Waals surface area contributed by atoms with Crippen LogP contribution in [0.25, 0.3) is 0 Å². The quantitative estimate of drug-likeness (QED) is 0.815. The summed E-state index contributed by atoms with van der Waals surface area (Å²) in [5.74, 6) is -0.231. The molecule has 0 spiro atoms. The van der Waals surface area contributed by atoms with E-state index in [1.807, 2.05) is 6.92 Å². The minimum absolute atomic E-state index is 0.0894. The second kappa shape index (κ2) is 7.35. The normalized spacial score (nSPS) is 12.6. The number of nitrogens with zero attached hydrogens (tertiary/aromatic N) is 2. The van der Waals surface area contributed by atoms with Crippen LogP contribution in [-0.4, -0.2) is 26.8 Å². The van der Waals surface area contributed by atoms with E-state index in [-0.39, 0.29) is 11.3 Å². The number of rotatable bonds is 6. The molecule has 0 amide bonds. The molecule has 8 heteroatoms. The van der Waals surface area contributed by atoms with Gasteiger partial charge in [-0.3, -0.25) is 0 Å². The molecule has 3 nitrogen and oxygen atoms in total. The Labute approximate surface area is 127 Å². The van der Waals surface area contributed by atoms with Crippen LogP contribution in [0.5, 0.6) is 0 Å². The van der Waals surface area contributed by atoms with Crippen molar-refractivity contribution in [1.29, 1.82) is 0 Å². The molecule has 1 aromatic carbocycles. The van der Waals surface area contributed by atoms with E-state index in [4.69, 9.17) is 0 Å². The van der Waals surface area contributed by atoms with Gasteiger partial charge in [0.05, 0.1) is 6.10 Å². The molecule has 0 saturated carbocycles. The molecule has 1 N–H and O–H groups in total. The smallest absolute Gasteiger partial charge is 0.175 e. The largest absolute Gasteiger partial charge is 0.387 e. The molecule has 1 heterocycles. The number of halogens is 2. The van der Waals surface area contributed by atoms with Gasteiger partial charge >= 0.3 is 0 Å². The molecule has 0 bridgehead atoms. The Morgan fingerprint density at radius 1 is 1.25 bits per heavy atom. The van der Waals surface area contributed by atoms with Gasteiger partial charge in [-0.25, -0.2) is 8.78 Å². The van der Waals surface area contributed by atoms with Gasteiger partial charge in [-0.15, -0.1) is 10.2 Å². The zero-order valence-electron chi connectivity index (χ0n) is 10.5. The molecular formula is C12H12F2N2OS3. The van der Waals surface area contributed by atoms with E-state index in [0.29, 0.717) is 0 Å². The maximum Gasteiger partial charge on any atom is 0.175 e. The van der Waals surface area contributed by atoms with E-state index >= 15 is 0 Å². The third kappa shape index (κ3) is 4.15. The van der Waals surface area contributed by atoms with Crippen LogP contribution < -0.4 is 0 Å². The highest BCUT2D eigenvalue weighted by atomic mass is 32.2. The highest BCUT2D eigenvalue weighted by molar-refractivity contribution is 8.03. The number of thioether (sulfide) groups is 2. The van der Waals surface area contributed by atoms with Crippen molar-refractivity contribution in [3.63, 3.8) is 0 Å². The van der Waals surface area contributed by atoms with Crippen molar-refractivity contribution < 1.29 is 13.9 Å². The summed E-state index contributed by atoms with van der Waals surface area (Å²) in [4.78, 5) is 0. The van der Waals surface area contributed by atoms with Gasteiger partial charge in [0.15, 0.2) is 8.68 Å². The van der Waals surface area contributed by atoms with Gasteiger partial charge in [-0.05, 0) is 11.8 Å². The molecule has 0 saturated heterocycles. The van der Waals surface area contributed by atoms with Crippen molar-refractivity contribution >= 4 is 34.9 Å². The van der Waals surface area contributed by atoms with E-state index in [0.717, 1.165) is 26.6 Å². The molecule has 0 aliphatic rings. The fourth-order valence-electron chi connectivity index (χ4n) is 1.45. The Morgan fingerprint density at radius 2 is 1.95 bits per heavy atom. The van der Waals surface area contributed by atoms with Crippen molar-refractivity contribution in [2.24, 2.45) is 0 Å². The van der Waals surface area contributed by atoms with Crippen molar-refractivity contribution in [3.8, 4) is 0 Å². The average Bonchev–Trinajstić information content (AvgIpc) is 2.84. The fourth-order valence-corrected chi connectivity index (χ4v) is 4.35. The van der Waals surface area contributed by atoms with Crippen LogP contribution in [-0.2, 0) is 0 Å². The van der Waals surface area contributed by atoms with E-state index < -0.39 is 17.7 Å². The summed E-state index contributed by atoms with van der Waals surface area (Å²) < 4.78 is 27.9. The van der Waals surface area contributed by atoms with Crippen molar-refractivity contribution in [2.75, 3.05) is 11.5 Å². The summed E-state index contributed by atoms with van der Waals surface area (Å²) in [6, 6.07) is 3.16. The molecule has 0 radical (unpaired) electrons. The molecule has 0 fully saturated rings. The Balaban J connectivity index is 1.95. The van der Waals surface area contributed by atoms with Crippen LogP contribution in [0.1, 0.15) is 18.6 Å². The van der Waals surface area contributed by atoms with Crippen LogP contribution in [0.3, 0.4) is 0 Å². The molecule has 2 aromatic rings. The highest BCUT2D eigenvalue weighted by Gasteiger charge is 2.15. The standard InChI is InChI=1S/C12H12F2N2OS3/c1-2-18-11-15-16-12(20-11)19-6-10(17)8-4-3-7(13)5-9(8)14/h3-5,10,17H,2,6H2,1H3. The van der Waals surface area contributed by atoms with Gasteiger partial charge in [0.2, 0.25) is 0 Å². The predicted molar refractivity (Wildman–Crippen MR) is 78.3 cm³/mol. The average molecular weight is 334 g/mol. The third-order valence-electron chi connectivity index (χ3n) is 2.34. The molecule has 1 aromatic heterocycles. The molecule has 2 rings (SSSR count). The molecular weight excluding hydrogens is 322 g/mol. The predicted octanol–water partition coefficient (Wildman–Crippen LogP) is 3.75. The van der Waals surface area contributed by atoms with Crippen LogP contribution in [0, 0.1) is 11.6 Å². The minimum atomic E-state index is -1.01. The van der Waals surface area contributed by atoms with Crippen molar-refractivity contribution in [3.05, 3.63) is 35.4 Å². The minimum Gasteiger partial charge on any atom is -0.387 e. The van der Waals surface area contributed by atoms with Crippen LogP contribution in [0.15, 0.2) is 26.9 Å². The first-order valence-corrected chi connectivity index (χ1v) is 8.61. The van der Waals surface area contributed by atoms with Crippen molar-refractivity contribution in [2.45, 2.75) is 21.7 Å². The molecule has 20 heavy (non-hydrogen) atoms. The number of benzene rings is 1. The van der Waals surface area contributed by atoms with Gasteiger partial charge in [0.1, 0.15) is 11.6 Å². The molecule has 1 atom stereocenters. The molecule has 0 aliphatic heterocycles. The van der Waals surface area contributed by atoms with Crippen molar-refractivity contribution in [1.82, 2.24) is 10.2 Å². The number of aromatic nitrogens is 2. The maximum absolute atomic E-state index is 13.5. The second-order valence-corrected chi connectivity index (χ2v) is 7.52. The summed E-state index contributed by atoms with van der Waals surface area (Å²) in [5.41, 5.74) is 0.0894. The summed E-state index contributed by atoms with van der Waals surface area (Å²) in [7, 11) is 0. The van der Waals surface area contributed by atoms with Gasteiger partial charge in [-0.1, -0.05) is 47.9 Å². The Hall–Kier alpha value is -0.700. The molecule has 0 aliphatic carbocycles. The summed E-state index contributed by atoms with van der Waals surface area (Å²) in [6.07, 6.45) is -1.01. The van der Waals surface area contributed by atoms with Gasteiger partial charge < -0.3 is 5.11 Å². The maximum atomic E-state index is 13.5. The Bertz CT molecular complexity index is 580. The van der Waals surface area contributed by atoms with Gasteiger partial charge in [-0.2, -0.15) is 0 Å². The molecule has 1 unspecified atom stereocenters. The SMILES string of the molecule is CCSc1nnc(SCC(O)c2ccc(F)cc2F)s1. The lowest BCUT2D eigenvalue weighted by atomic mass is 10.1. The Morgan fingerprint density at radius 3 is 2.60 bits per heavy atom. The summed E-state index contributed by atoms with van der Waals surface area (Å²) in [5, 5.41) is 17.9. The van der Waals surface area contributed by atoms with E-state index in [1.54, 1.807) is 11.8 Å². The Kier molecular flexibility index (Phi) is 5.76. The first-order valence-electron chi connectivity index (χ1n) is 5.82. The zero-order chi connectivity index (χ0) is 14.5. The van der Waals surface area contributed by atoms with E-state index in [9.17, 15) is 13.9 Å². The summed E-state index contributed by atoms with van der Waals surface area (Å²) >= 11 is 4.34. The number of hydrogen-bond acceptors (Lipinski definition) is 6. The fraction of sp³-hybridized carbons (Fsp3) is 0.333. The molecule has 108 valence electrons. The lowest BCUT2D eigenvalue weighted by Gasteiger charge is -2.10. The zero-order valence-corrected chi connectivity index (χ0v) is 13.0. The van der Waals surface area contributed by atoms with Gasteiger partial charge in [0, 0.05) is 17.4 Å². The highest BCUT2D eigenvalue weighted by Crippen LogP contribution is 2.31. The van der Waals surface area contributed by atoms with E-state index in [2.05, 4.69) is 10.2 Å². The third-order valence-corrected chi connectivity index (χ3v) is 5.49. The van der Waals surface area contributed by atoms with Crippen LogP contribution in [0.2, 0.25) is 0 Å². The van der Waals surface area contributed by atoms with Crippen LogP contribution in [0.4, 0.5) is 8.78 Å². The monoisotopic (exact) mass is 334 g/mol. The lowest BCUT2D eigenvalue weighted by molar-refractivity contribution is 0.198. The first kappa shape index (κ1) is 15.7. The number of aliphatic hydroxyl groups excluding tert-OH is 1. The number of hydrogen-bond donors (Lipinski definition) is 1.